The molecule has 0 heterocycles. The van der Waals surface area contributed by atoms with E-state index in [0.29, 0.717) is 35.3 Å². The van der Waals surface area contributed by atoms with Crippen LogP contribution in [0.4, 0.5) is 0 Å². The Balaban J connectivity index is 1.39. The zero-order valence-electron chi connectivity index (χ0n) is 18.1. The van der Waals surface area contributed by atoms with E-state index in [-0.39, 0.29) is 12.5 Å². The van der Waals surface area contributed by atoms with Gasteiger partial charge < -0.3 is 14.8 Å². The third-order valence-corrected chi connectivity index (χ3v) is 4.69. The number of nitrogens with one attached hydrogen (secondary N) is 2. The summed E-state index contributed by atoms with van der Waals surface area (Å²) in [5.41, 5.74) is 4.62. The molecule has 2 N–H and O–H groups in total. The maximum atomic E-state index is 12.1. The molecular weight excluding hydrogens is 442 g/mol. The minimum atomic E-state index is -0.437. The monoisotopic (exact) mass is 465 g/mol. The topological polar surface area (TPSA) is 89.0 Å². The normalized spacial score (nSPS) is 10.6. The van der Waals surface area contributed by atoms with Gasteiger partial charge >= 0.3 is 0 Å². The number of carbonyl (C=O) groups excluding carboxylic acids is 2. The molecule has 0 spiro atoms. The summed E-state index contributed by atoms with van der Waals surface area (Å²) in [6.07, 6.45) is 1.51. The van der Waals surface area contributed by atoms with Crippen LogP contribution < -0.4 is 20.2 Å². The van der Waals surface area contributed by atoms with Crippen LogP contribution in [0.1, 0.15) is 28.4 Å². The van der Waals surface area contributed by atoms with Gasteiger partial charge in [0, 0.05) is 10.6 Å². The molecule has 7 nitrogen and oxygen atoms in total. The molecule has 3 rings (SSSR count). The number of hydrogen-bond donors (Lipinski definition) is 2. The van der Waals surface area contributed by atoms with Crippen molar-refractivity contribution in [2.75, 3.05) is 13.2 Å². The Labute approximate surface area is 197 Å². The summed E-state index contributed by atoms with van der Waals surface area (Å²) in [5.74, 6) is 0.602. The van der Waals surface area contributed by atoms with Gasteiger partial charge in [0.05, 0.1) is 19.4 Å². The largest absolute Gasteiger partial charge is 0.494 e. The zero-order chi connectivity index (χ0) is 23.5. The summed E-state index contributed by atoms with van der Waals surface area (Å²) in [6, 6.07) is 21.4. The Kier molecular flexibility index (Phi) is 8.85. The van der Waals surface area contributed by atoms with Crippen molar-refractivity contribution in [1.82, 2.24) is 10.7 Å². The SMILES string of the molecule is CCOc1ccc(C(=O)NCC(=O)N/N=C/c2ccc(OCc3ccc(Cl)cc3)cc2)cc1. The first-order valence-corrected chi connectivity index (χ1v) is 10.7. The molecule has 0 saturated heterocycles. The molecule has 33 heavy (non-hydrogen) atoms. The average Bonchev–Trinajstić information content (AvgIpc) is 2.84. The smallest absolute Gasteiger partial charge is 0.259 e. The molecule has 0 aliphatic rings. The summed E-state index contributed by atoms with van der Waals surface area (Å²) in [7, 11) is 0. The first-order valence-electron chi connectivity index (χ1n) is 10.3. The zero-order valence-corrected chi connectivity index (χ0v) is 18.8. The standard InChI is InChI=1S/C25H24ClN3O4/c1-2-32-22-13-7-20(8-14-22)25(31)27-16-24(30)29-28-15-18-5-11-23(12-6-18)33-17-19-3-9-21(26)10-4-19/h3-15H,2,16-17H2,1H3,(H,27,31)(H,29,30)/b28-15+. The highest BCUT2D eigenvalue weighted by molar-refractivity contribution is 6.30. The van der Waals surface area contributed by atoms with E-state index in [0.717, 1.165) is 11.1 Å². The van der Waals surface area contributed by atoms with Crippen molar-refractivity contribution in [2.45, 2.75) is 13.5 Å². The number of rotatable bonds is 10. The van der Waals surface area contributed by atoms with Gasteiger partial charge in [0.25, 0.3) is 11.8 Å². The molecule has 0 saturated carbocycles. The summed E-state index contributed by atoms with van der Waals surface area (Å²) in [5, 5.41) is 7.14. The van der Waals surface area contributed by atoms with E-state index in [9.17, 15) is 9.59 Å². The molecule has 170 valence electrons. The van der Waals surface area contributed by atoms with Gasteiger partial charge in [-0.2, -0.15) is 5.10 Å². The lowest BCUT2D eigenvalue weighted by molar-refractivity contribution is -0.120. The number of hydrazone groups is 1. The van der Waals surface area contributed by atoms with Crippen LogP contribution in [0.3, 0.4) is 0 Å². The Bertz CT molecular complexity index is 1080. The van der Waals surface area contributed by atoms with Crippen molar-refractivity contribution in [3.8, 4) is 11.5 Å². The maximum Gasteiger partial charge on any atom is 0.259 e. The number of carbonyl (C=O) groups is 2. The molecular formula is C25H24ClN3O4. The van der Waals surface area contributed by atoms with Crippen LogP contribution in [0.5, 0.6) is 11.5 Å². The van der Waals surface area contributed by atoms with Crippen LogP contribution >= 0.6 is 11.6 Å². The summed E-state index contributed by atoms with van der Waals surface area (Å²) in [6.45, 7) is 2.67. The van der Waals surface area contributed by atoms with Crippen molar-refractivity contribution in [1.29, 1.82) is 0 Å². The van der Waals surface area contributed by atoms with Crippen molar-refractivity contribution in [3.63, 3.8) is 0 Å². The van der Waals surface area contributed by atoms with E-state index in [2.05, 4.69) is 15.8 Å². The number of halogens is 1. The van der Waals surface area contributed by atoms with E-state index >= 15 is 0 Å². The third-order valence-electron chi connectivity index (χ3n) is 4.44. The fourth-order valence-electron chi connectivity index (χ4n) is 2.75. The van der Waals surface area contributed by atoms with Crippen molar-refractivity contribution < 1.29 is 19.1 Å². The number of benzene rings is 3. The molecule has 2 amide bonds. The van der Waals surface area contributed by atoms with Crippen LogP contribution in [-0.2, 0) is 11.4 Å². The van der Waals surface area contributed by atoms with E-state index < -0.39 is 5.91 Å². The Hall–Kier alpha value is -3.84. The lowest BCUT2D eigenvalue weighted by Crippen LogP contribution is -2.34. The fourth-order valence-corrected chi connectivity index (χ4v) is 2.87. The second-order valence-electron chi connectivity index (χ2n) is 6.92. The molecule has 0 aromatic heterocycles. The van der Waals surface area contributed by atoms with E-state index in [4.69, 9.17) is 21.1 Å². The predicted octanol–water partition coefficient (Wildman–Crippen LogP) is 4.20. The maximum absolute atomic E-state index is 12.1. The molecule has 0 bridgehead atoms. The number of hydrogen-bond acceptors (Lipinski definition) is 5. The second kappa shape index (κ2) is 12.3. The molecule has 3 aromatic carbocycles. The van der Waals surface area contributed by atoms with E-state index in [1.807, 2.05) is 55.5 Å². The van der Waals surface area contributed by atoms with E-state index in [1.54, 1.807) is 24.3 Å². The Morgan fingerprint density at radius 3 is 2.21 bits per heavy atom. The number of amides is 2. The van der Waals surface area contributed by atoms with Crippen LogP contribution in [0, 0.1) is 0 Å². The van der Waals surface area contributed by atoms with Crippen molar-refractivity contribution in [2.24, 2.45) is 5.10 Å². The van der Waals surface area contributed by atoms with Gasteiger partial charge in [0.1, 0.15) is 18.1 Å². The van der Waals surface area contributed by atoms with Crippen molar-refractivity contribution >= 4 is 29.6 Å². The number of nitrogens with zero attached hydrogens (tertiary/aromatic N) is 1. The summed E-state index contributed by atoms with van der Waals surface area (Å²) >= 11 is 5.88. The van der Waals surface area contributed by atoms with Gasteiger partial charge in [0.2, 0.25) is 0 Å². The molecule has 0 unspecified atom stereocenters. The molecule has 0 aliphatic heterocycles. The minimum absolute atomic E-state index is 0.194. The quantitative estimate of drug-likeness (QED) is 0.347. The molecule has 0 atom stereocenters. The summed E-state index contributed by atoms with van der Waals surface area (Å²) < 4.78 is 11.1. The lowest BCUT2D eigenvalue weighted by Gasteiger charge is -2.07. The number of ether oxygens (including phenoxy) is 2. The van der Waals surface area contributed by atoms with Crippen LogP contribution in [0.25, 0.3) is 0 Å². The van der Waals surface area contributed by atoms with Crippen LogP contribution in [0.15, 0.2) is 77.9 Å². The van der Waals surface area contributed by atoms with Crippen molar-refractivity contribution in [3.05, 3.63) is 94.5 Å². The highest BCUT2D eigenvalue weighted by Gasteiger charge is 2.07. The molecule has 0 fully saturated rings. The van der Waals surface area contributed by atoms with Crippen LogP contribution in [-0.4, -0.2) is 31.2 Å². The third kappa shape index (κ3) is 7.97. The first kappa shape index (κ1) is 23.8. The van der Waals surface area contributed by atoms with Gasteiger partial charge in [-0.05, 0) is 78.7 Å². The average molecular weight is 466 g/mol. The Morgan fingerprint density at radius 2 is 1.55 bits per heavy atom. The lowest BCUT2D eigenvalue weighted by atomic mass is 10.2. The fraction of sp³-hybridized carbons (Fsp3) is 0.160. The van der Waals surface area contributed by atoms with Gasteiger partial charge in [-0.1, -0.05) is 23.7 Å². The predicted molar refractivity (Wildman–Crippen MR) is 128 cm³/mol. The highest BCUT2D eigenvalue weighted by Crippen LogP contribution is 2.15. The molecule has 3 aromatic rings. The summed E-state index contributed by atoms with van der Waals surface area (Å²) in [4.78, 5) is 24.0. The molecule has 0 radical (unpaired) electrons. The molecule has 8 heteroatoms. The van der Waals surface area contributed by atoms with Gasteiger partial charge in [-0.25, -0.2) is 5.43 Å². The van der Waals surface area contributed by atoms with E-state index in [1.165, 1.54) is 6.21 Å². The minimum Gasteiger partial charge on any atom is -0.494 e. The second-order valence-corrected chi connectivity index (χ2v) is 7.35. The van der Waals surface area contributed by atoms with Gasteiger partial charge in [-0.15, -0.1) is 0 Å². The van der Waals surface area contributed by atoms with Gasteiger partial charge in [0.15, 0.2) is 0 Å². The highest BCUT2D eigenvalue weighted by atomic mass is 35.5. The molecule has 0 aliphatic carbocycles. The van der Waals surface area contributed by atoms with Crippen LogP contribution in [0.2, 0.25) is 5.02 Å². The first-order chi connectivity index (χ1) is 16.0. The van der Waals surface area contributed by atoms with Gasteiger partial charge in [-0.3, -0.25) is 9.59 Å². The Morgan fingerprint density at radius 1 is 0.909 bits per heavy atom.